The van der Waals surface area contributed by atoms with Crippen molar-refractivity contribution in [2.24, 2.45) is 4.36 Å². The van der Waals surface area contributed by atoms with Crippen LogP contribution >= 0.6 is 12.2 Å². The van der Waals surface area contributed by atoms with Crippen molar-refractivity contribution in [2.75, 3.05) is 7.05 Å². The lowest BCUT2D eigenvalue weighted by molar-refractivity contribution is -0.108. The first-order chi connectivity index (χ1) is 12.0. The summed E-state index contributed by atoms with van der Waals surface area (Å²) in [6.45, 7) is 2.18. The summed E-state index contributed by atoms with van der Waals surface area (Å²) < 4.78 is 25.3. The molecule has 1 amide bonds. The number of nitrogens with one attached hydrogen (secondary N) is 2. The minimum absolute atomic E-state index is 0.0174. The first-order valence-electron chi connectivity index (χ1n) is 8.27. The Morgan fingerprint density at radius 1 is 1.36 bits per heavy atom. The highest BCUT2D eigenvalue weighted by Gasteiger charge is 2.55. The highest BCUT2D eigenvalue weighted by atomic mass is 32.2. The van der Waals surface area contributed by atoms with Gasteiger partial charge in [-0.15, -0.1) is 0 Å². The van der Waals surface area contributed by atoms with E-state index >= 15 is 0 Å². The molecule has 1 fully saturated rings. The average molecular weight is 384 g/mol. The fourth-order valence-electron chi connectivity index (χ4n) is 2.84. The van der Waals surface area contributed by atoms with Gasteiger partial charge in [0, 0.05) is 12.5 Å². The Hall–Kier alpha value is -1.80. The smallest absolute Gasteiger partial charge is 0.311 e. The number of hydrogen-bond donors (Lipinski definition) is 2. The van der Waals surface area contributed by atoms with Gasteiger partial charge in [0.1, 0.15) is 0 Å². The van der Waals surface area contributed by atoms with Crippen molar-refractivity contribution in [1.82, 2.24) is 10.6 Å². The van der Waals surface area contributed by atoms with Crippen LogP contribution in [0, 0.1) is 0 Å². The summed E-state index contributed by atoms with van der Waals surface area (Å²) in [7, 11) is -0.648. The summed E-state index contributed by atoms with van der Waals surface area (Å²) in [4.78, 5) is 9.54. The van der Waals surface area contributed by atoms with Crippen LogP contribution in [0.1, 0.15) is 44.6 Å². The van der Waals surface area contributed by atoms with Gasteiger partial charge in [0.05, 0.1) is 6.04 Å². The van der Waals surface area contributed by atoms with E-state index in [2.05, 4.69) is 46.3 Å². The summed E-state index contributed by atoms with van der Waals surface area (Å²) in [6, 6.07) is 10.2. The molecule has 0 radical (unpaired) electrons. The van der Waals surface area contributed by atoms with Gasteiger partial charge in [-0.1, -0.05) is 56.5 Å². The highest BCUT2D eigenvalue weighted by molar-refractivity contribution is 7.80. The quantitative estimate of drug-likeness (QED) is 0.429. The van der Waals surface area contributed by atoms with Gasteiger partial charge in [0.2, 0.25) is 6.41 Å². The number of hydrogen-bond acceptors (Lipinski definition) is 5. The standard InChI is InChI=1S/C14H19NO2S.C3H6N2OS/c1-2-3-7-10-14(11-13(14)15-18(16)17)12-8-5-4-6-9-12;1-4-3(7)5-2-6/h4-6,8-9,13H,2-3,7,10-11H2,1H3;2H,1H3,(H2,4,5,6,7). The lowest BCUT2D eigenvalue weighted by Crippen LogP contribution is -2.30. The molecule has 138 valence electrons. The molecule has 0 bridgehead atoms. The number of nitrogens with zero attached hydrogens (tertiary/aromatic N) is 1. The zero-order valence-electron chi connectivity index (χ0n) is 14.6. The highest BCUT2D eigenvalue weighted by Crippen LogP contribution is 2.54. The van der Waals surface area contributed by atoms with Crippen molar-refractivity contribution in [3.63, 3.8) is 0 Å². The fraction of sp³-hybridized carbons (Fsp3) is 0.529. The molecule has 2 rings (SSSR count). The maximum atomic E-state index is 10.7. The van der Waals surface area contributed by atoms with E-state index in [0.29, 0.717) is 11.5 Å². The van der Waals surface area contributed by atoms with Crippen LogP contribution in [-0.4, -0.2) is 33.0 Å². The Balaban J connectivity index is 0.000000381. The molecule has 0 saturated heterocycles. The monoisotopic (exact) mass is 383 g/mol. The number of thiocarbonyl (C=S) groups is 1. The van der Waals surface area contributed by atoms with E-state index in [1.54, 1.807) is 7.05 Å². The van der Waals surface area contributed by atoms with Gasteiger partial charge in [-0.3, -0.25) is 4.79 Å². The normalized spacial score (nSPS) is 20.5. The maximum Gasteiger partial charge on any atom is 0.311 e. The zero-order chi connectivity index (χ0) is 18.7. The molecule has 1 aliphatic carbocycles. The van der Waals surface area contributed by atoms with Crippen molar-refractivity contribution in [3.8, 4) is 0 Å². The first-order valence-corrected chi connectivity index (χ1v) is 9.71. The minimum atomic E-state index is -2.29. The van der Waals surface area contributed by atoms with E-state index < -0.39 is 10.5 Å². The second-order valence-electron chi connectivity index (χ2n) is 5.86. The minimum Gasteiger partial charge on any atom is -0.365 e. The SMILES string of the molecule is CCCCCC1(c2ccccc2)CC1N=S(=O)=O.CNC(=S)NC=O. The number of carbonyl (C=O) groups is 1. The number of unbranched alkanes of at least 4 members (excludes halogenated alkanes) is 2. The van der Waals surface area contributed by atoms with Gasteiger partial charge in [-0.25, -0.2) is 0 Å². The van der Waals surface area contributed by atoms with E-state index in [1.807, 2.05) is 18.2 Å². The number of carbonyl (C=O) groups excluding carboxylic acids is 1. The van der Waals surface area contributed by atoms with Gasteiger partial charge in [0.15, 0.2) is 5.11 Å². The lowest BCUT2D eigenvalue weighted by Gasteiger charge is -2.16. The number of benzene rings is 1. The van der Waals surface area contributed by atoms with Crippen LogP contribution in [0.4, 0.5) is 0 Å². The Kier molecular flexibility index (Phi) is 9.30. The molecule has 1 aromatic rings. The van der Waals surface area contributed by atoms with Gasteiger partial charge in [-0.2, -0.15) is 12.8 Å². The van der Waals surface area contributed by atoms with E-state index in [-0.39, 0.29) is 11.5 Å². The Morgan fingerprint density at radius 2 is 2.04 bits per heavy atom. The van der Waals surface area contributed by atoms with Crippen LogP contribution < -0.4 is 10.6 Å². The van der Waals surface area contributed by atoms with E-state index in [4.69, 9.17) is 0 Å². The van der Waals surface area contributed by atoms with Gasteiger partial charge < -0.3 is 10.6 Å². The molecular weight excluding hydrogens is 358 g/mol. The molecule has 0 heterocycles. The van der Waals surface area contributed by atoms with Crippen molar-refractivity contribution < 1.29 is 13.2 Å². The molecule has 2 N–H and O–H groups in total. The van der Waals surface area contributed by atoms with Crippen LogP contribution in [-0.2, 0) is 20.7 Å². The number of rotatable bonds is 7. The Labute approximate surface area is 156 Å². The molecule has 1 aromatic carbocycles. The van der Waals surface area contributed by atoms with Gasteiger partial charge >= 0.3 is 10.5 Å². The molecule has 8 heteroatoms. The van der Waals surface area contributed by atoms with Crippen molar-refractivity contribution in [1.29, 1.82) is 0 Å². The van der Waals surface area contributed by atoms with Crippen LogP contribution in [0.2, 0.25) is 0 Å². The van der Waals surface area contributed by atoms with E-state index in [0.717, 1.165) is 19.3 Å². The molecule has 0 aromatic heterocycles. The summed E-state index contributed by atoms with van der Waals surface area (Å²) in [5, 5.41) is 5.13. The van der Waals surface area contributed by atoms with Crippen molar-refractivity contribution in [2.45, 2.75) is 50.5 Å². The van der Waals surface area contributed by atoms with E-state index in [9.17, 15) is 13.2 Å². The largest absolute Gasteiger partial charge is 0.365 e. The zero-order valence-corrected chi connectivity index (χ0v) is 16.2. The van der Waals surface area contributed by atoms with Crippen LogP contribution in [0.15, 0.2) is 34.7 Å². The Morgan fingerprint density at radius 3 is 2.52 bits per heavy atom. The molecule has 1 saturated carbocycles. The topological polar surface area (TPSA) is 87.6 Å². The van der Waals surface area contributed by atoms with Crippen molar-refractivity contribution in [3.05, 3.63) is 35.9 Å². The first kappa shape index (κ1) is 21.2. The van der Waals surface area contributed by atoms with Crippen LogP contribution in [0.3, 0.4) is 0 Å². The number of amides is 1. The Bertz CT molecular complexity index is 684. The molecule has 2 unspecified atom stereocenters. The molecular formula is C17H25N3O3S2. The summed E-state index contributed by atoms with van der Waals surface area (Å²) in [5.41, 5.74) is 1.22. The maximum absolute atomic E-state index is 10.7. The summed E-state index contributed by atoms with van der Waals surface area (Å²) >= 11 is 4.50. The van der Waals surface area contributed by atoms with Crippen molar-refractivity contribution >= 4 is 34.2 Å². The van der Waals surface area contributed by atoms with Gasteiger partial charge in [0.25, 0.3) is 0 Å². The van der Waals surface area contributed by atoms with Crippen LogP contribution in [0.5, 0.6) is 0 Å². The predicted octanol–water partition coefficient (Wildman–Crippen LogP) is 2.58. The second kappa shape index (κ2) is 10.9. The van der Waals surface area contributed by atoms with Crippen LogP contribution in [0.25, 0.3) is 0 Å². The third-order valence-electron chi connectivity index (χ3n) is 4.24. The average Bonchev–Trinajstić information content (AvgIpc) is 3.29. The summed E-state index contributed by atoms with van der Waals surface area (Å²) in [6.07, 6.45) is 5.95. The lowest BCUT2D eigenvalue weighted by atomic mass is 9.89. The third kappa shape index (κ3) is 6.91. The fourth-order valence-corrected chi connectivity index (χ4v) is 3.37. The molecule has 1 aliphatic rings. The molecule has 0 spiro atoms. The summed E-state index contributed by atoms with van der Waals surface area (Å²) in [5.74, 6) is 0. The third-order valence-corrected chi connectivity index (χ3v) is 4.99. The molecule has 0 aliphatic heterocycles. The predicted molar refractivity (Wildman–Crippen MR) is 103 cm³/mol. The molecule has 6 nitrogen and oxygen atoms in total. The molecule has 2 atom stereocenters. The molecule has 25 heavy (non-hydrogen) atoms. The second-order valence-corrected chi connectivity index (χ2v) is 6.92. The van der Waals surface area contributed by atoms with E-state index in [1.165, 1.54) is 18.4 Å². The van der Waals surface area contributed by atoms with Gasteiger partial charge in [-0.05, 0) is 30.6 Å².